The molecule has 2 amide bonds. The highest BCUT2D eigenvalue weighted by molar-refractivity contribution is 5.98. The summed E-state index contributed by atoms with van der Waals surface area (Å²) >= 11 is 0. The Labute approximate surface area is 256 Å². The van der Waals surface area contributed by atoms with Crippen LogP contribution in [0.15, 0.2) is 48.7 Å². The summed E-state index contributed by atoms with van der Waals surface area (Å²) < 4.78 is 69.7. The average Bonchev–Trinajstić information content (AvgIpc) is 3.58. The third-order valence-electron chi connectivity index (χ3n) is 8.15. The molecule has 3 atom stereocenters. The Balaban J connectivity index is 1.31. The number of alkyl halides is 2. The molecule has 0 fully saturated rings. The number of pyridine rings is 1. The standard InChI is InChI=1S/C32H31F2N5O5/c1-31(2,3)44-30(41)37-32(4)15-42-24-12-17(14-35-26(24)32)16-9-10-19-20(11-16)39-21-13-22(27(39)36-19)38(5)28(40)18-7-6-8-23(25(18)21)43-29(33)34/h6-12,14,21-22,29H,13,15H2,1-5H3,(H,37,41)/t21-,22-,32?/m1/s1/i5D3. The number of benzene rings is 2. The monoisotopic (exact) mass is 606 g/mol. The molecule has 3 aliphatic heterocycles. The molecule has 4 aromatic rings. The molecule has 0 spiro atoms. The van der Waals surface area contributed by atoms with E-state index >= 15 is 0 Å². The van der Waals surface area contributed by atoms with Crippen LogP contribution in [-0.2, 0) is 10.3 Å². The van der Waals surface area contributed by atoms with Gasteiger partial charge in [-0.2, -0.15) is 8.78 Å². The van der Waals surface area contributed by atoms with E-state index in [1.807, 2.05) is 22.8 Å². The van der Waals surface area contributed by atoms with Gasteiger partial charge < -0.3 is 29.0 Å². The molecule has 44 heavy (non-hydrogen) atoms. The number of rotatable bonds is 4. The Bertz CT molecular complexity index is 1960. The lowest BCUT2D eigenvalue weighted by atomic mass is 9.97. The number of halogens is 2. The maximum Gasteiger partial charge on any atom is 0.408 e. The second kappa shape index (κ2) is 9.63. The van der Waals surface area contributed by atoms with Crippen LogP contribution in [0.2, 0.25) is 0 Å². The molecule has 228 valence electrons. The Morgan fingerprint density at radius 2 is 2.02 bits per heavy atom. The van der Waals surface area contributed by atoms with Gasteiger partial charge in [-0.1, -0.05) is 12.1 Å². The molecule has 1 unspecified atom stereocenters. The van der Waals surface area contributed by atoms with Crippen LogP contribution in [0.1, 0.15) is 77.8 Å². The Kier molecular flexibility index (Phi) is 5.40. The van der Waals surface area contributed by atoms with Crippen LogP contribution in [0.4, 0.5) is 13.6 Å². The second-order valence-electron chi connectivity index (χ2n) is 12.4. The van der Waals surface area contributed by atoms with E-state index in [2.05, 4.69) is 10.3 Å². The first-order valence-electron chi connectivity index (χ1n) is 15.6. The van der Waals surface area contributed by atoms with E-state index in [4.69, 9.17) is 23.3 Å². The number of hydrogen-bond acceptors (Lipinski definition) is 7. The predicted molar refractivity (Wildman–Crippen MR) is 156 cm³/mol. The number of amides is 2. The molecular formula is C32H31F2N5O5. The summed E-state index contributed by atoms with van der Waals surface area (Å²) in [6.07, 6.45) is 1.18. The number of hydrogen-bond donors (Lipinski definition) is 1. The van der Waals surface area contributed by atoms with E-state index in [1.165, 1.54) is 18.2 Å². The van der Waals surface area contributed by atoms with Gasteiger partial charge in [0.15, 0.2) is 0 Å². The molecule has 2 aromatic heterocycles. The van der Waals surface area contributed by atoms with Crippen molar-refractivity contribution in [1.82, 2.24) is 24.8 Å². The number of ether oxygens (including phenoxy) is 3. The van der Waals surface area contributed by atoms with Crippen LogP contribution in [0.5, 0.6) is 11.5 Å². The Morgan fingerprint density at radius 1 is 1.20 bits per heavy atom. The molecule has 2 bridgehead atoms. The molecule has 10 nitrogen and oxygen atoms in total. The lowest BCUT2D eigenvalue weighted by molar-refractivity contribution is -0.0507. The van der Waals surface area contributed by atoms with E-state index in [0.29, 0.717) is 33.9 Å². The SMILES string of the molecule is [2H]C([2H])([2H])N1C(=O)c2cccc(OC(F)F)c2[C@H]2C[C@@H]1c1nc3ccc(-c4cnc5c(c4)OCC5(C)NC(=O)OC(C)(C)C)cc3n12. The summed E-state index contributed by atoms with van der Waals surface area (Å²) in [4.78, 5) is 36.4. The first-order valence-corrected chi connectivity index (χ1v) is 14.1. The van der Waals surface area contributed by atoms with Crippen LogP contribution in [-0.4, -0.2) is 57.2 Å². The smallest absolute Gasteiger partial charge is 0.408 e. The van der Waals surface area contributed by atoms with Crippen LogP contribution < -0.4 is 14.8 Å². The maximum absolute atomic E-state index is 13.7. The summed E-state index contributed by atoms with van der Waals surface area (Å²) in [5.41, 5.74) is 1.69. The molecule has 5 heterocycles. The normalized spacial score (nSPS) is 23.2. The number of fused-ring (bicyclic) bond motifs is 10. The van der Waals surface area contributed by atoms with Crippen molar-refractivity contribution in [2.75, 3.05) is 13.6 Å². The van der Waals surface area contributed by atoms with E-state index in [-0.39, 0.29) is 29.9 Å². The zero-order valence-corrected chi connectivity index (χ0v) is 24.4. The van der Waals surface area contributed by atoms with Gasteiger partial charge in [-0.3, -0.25) is 9.78 Å². The lowest BCUT2D eigenvalue weighted by Gasteiger charge is -2.26. The van der Waals surface area contributed by atoms with Gasteiger partial charge in [0.1, 0.15) is 40.8 Å². The topological polar surface area (TPSA) is 108 Å². The molecule has 12 heteroatoms. The van der Waals surface area contributed by atoms with E-state index in [9.17, 15) is 18.4 Å². The zero-order valence-electron chi connectivity index (χ0n) is 27.4. The number of nitrogens with zero attached hydrogens (tertiary/aromatic N) is 4. The zero-order chi connectivity index (χ0) is 33.6. The van der Waals surface area contributed by atoms with Crippen molar-refractivity contribution >= 4 is 23.0 Å². The van der Waals surface area contributed by atoms with Crippen LogP contribution in [0.3, 0.4) is 0 Å². The van der Waals surface area contributed by atoms with Crippen molar-refractivity contribution in [2.24, 2.45) is 0 Å². The summed E-state index contributed by atoms with van der Waals surface area (Å²) in [7, 11) is 0. The van der Waals surface area contributed by atoms with Crippen molar-refractivity contribution in [3.63, 3.8) is 0 Å². The summed E-state index contributed by atoms with van der Waals surface area (Å²) in [6.45, 7) is 1.30. The average molecular weight is 607 g/mol. The first-order chi connectivity index (χ1) is 22.0. The highest BCUT2D eigenvalue weighted by atomic mass is 19.3. The Hall–Kier alpha value is -4.74. The molecule has 0 saturated heterocycles. The molecule has 3 aliphatic rings. The molecule has 1 N–H and O–H groups in total. The number of carbonyl (C=O) groups excluding carboxylic acids is 2. The molecule has 0 radical (unpaired) electrons. The van der Waals surface area contributed by atoms with Gasteiger partial charge in [-0.05, 0) is 63.6 Å². The lowest BCUT2D eigenvalue weighted by Crippen LogP contribution is -2.47. The van der Waals surface area contributed by atoms with Crippen molar-refractivity contribution < 1.29 is 36.7 Å². The van der Waals surface area contributed by atoms with Gasteiger partial charge in [-0.25, -0.2) is 9.78 Å². The third kappa shape index (κ3) is 4.42. The molecule has 0 aliphatic carbocycles. The fourth-order valence-electron chi connectivity index (χ4n) is 6.33. The van der Waals surface area contributed by atoms with Crippen molar-refractivity contribution in [1.29, 1.82) is 0 Å². The van der Waals surface area contributed by atoms with Crippen molar-refractivity contribution in [3.8, 4) is 22.6 Å². The van der Waals surface area contributed by atoms with Crippen LogP contribution >= 0.6 is 0 Å². The van der Waals surface area contributed by atoms with Gasteiger partial charge in [0.2, 0.25) is 0 Å². The number of aromatic nitrogens is 3. The van der Waals surface area contributed by atoms with E-state index in [0.717, 1.165) is 10.5 Å². The third-order valence-corrected chi connectivity index (χ3v) is 8.15. The number of imidazole rings is 1. The van der Waals surface area contributed by atoms with Crippen molar-refractivity contribution in [3.05, 3.63) is 71.3 Å². The summed E-state index contributed by atoms with van der Waals surface area (Å²) in [6, 6.07) is 9.81. The molecule has 2 aromatic carbocycles. The van der Waals surface area contributed by atoms with Gasteiger partial charge in [-0.15, -0.1) is 0 Å². The van der Waals surface area contributed by atoms with E-state index in [1.54, 1.807) is 40.0 Å². The molecule has 7 rings (SSSR count). The van der Waals surface area contributed by atoms with Gasteiger partial charge in [0.25, 0.3) is 5.91 Å². The fourth-order valence-corrected chi connectivity index (χ4v) is 6.33. The molecular weight excluding hydrogens is 572 g/mol. The molecule has 0 saturated carbocycles. The minimum absolute atomic E-state index is 0.0153. The fraction of sp³-hybridized carbons (Fsp3) is 0.375. The predicted octanol–water partition coefficient (Wildman–Crippen LogP) is 5.95. The van der Waals surface area contributed by atoms with Crippen LogP contribution in [0.25, 0.3) is 22.2 Å². The van der Waals surface area contributed by atoms with Crippen LogP contribution in [0, 0.1) is 0 Å². The minimum Gasteiger partial charge on any atom is -0.489 e. The highest BCUT2D eigenvalue weighted by Gasteiger charge is 2.45. The minimum atomic E-state index is -3.16. The first kappa shape index (κ1) is 24.7. The van der Waals surface area contributed by atoms with Crippen molar-refractivity contribution in [2.45, 2.75) is 64.0 Å². The second-order valence-corrected chi connectivity index (χ2v) is 12.4. The summed E-state index contributed by atoms with van der Waals surface area (Å²) in [5.74, 6) is -0.176. The van der Waals surface area contributed by atoms with Gasteiger partial charge >= 0.3 is 12.7 Å². The Morgan fingerprint density at radius 3 is 2.77 bits per heavy atom. The van der Waals surface area contributed by atoms with E-state index < -0.39 is 48.8 Å². The maximum atomic E-state index is 13.7. The summed E-state index contributed by atoms with van der Waals surface area (Å²) in [5, 5.41) is 2.86. The number of alkyl carbamates (subject to hydrolysis) is 1. The highest BCUT2D eigenvalue weighted by Crippen LogP contribution is 2.50. The number of nitrogens with one attached hydrogen (secondary N) is 1. The quantitative estimate of drug-likeness (QED) is 0.306. The largest absolute Gasteiger partial charge is 0.489 e. The number of carbonyl (C=O) groups is 2. The van der Waals surface area contributed by atoms with Gasteiger partial charge in [0, 0.05) is 40.4 Å². The van der Waals surface area contributed by atoms with Gasteiger partial charge in [0.05, 0.1) is 23.1 Å².